The Balaban J connectivity index is 1.35. The Kier molecular flexibility index (Phi) is 4.04. The number of H-pyrrole nitrogens is 1. The molecular weight excluding hydrogens is 308 g/mol. The molecule has 23 heavy (non-hydrogen) atoms. The molecule has 0 aromatic carbocycles. The first kappa shape index (κ1) is 14.3. The van der Waals surface area contributed by atoms with Crippen LogP contribution in [0.3, 0.4) is 0 Å². The van der Waals surface area contributed by atoms with Gasteiger partial charge in [0.15, 0.2) is 0 Å². The fourth-order valence-corrected chi connectivity index (χ4v) is 3.45. The van der Waals surface area contributed by atoms with Gasteiger partial charge in [-0.15, -0.1) is 11.3 Å². The zero-order valence-corrected chi connectivity index (χ0v) is 13.5. The van der Waals surface area contributed by atoms with Crippen molar-refractivity contribution in [3.63, 3.8) is 0 Å². The third-order valence-electron chi connectivity index (χ3n) is 3.98. The van der Waals surface area contributed by atoms with Gasteiger partial charge in [-0.2, -0.15) is 0 Å². The van der Waals surface area contributed by atoms with Crippen LogP contribution >= 0.6 is 11.3 Å². The molecule has 118 valence electrons. The van der Waals surface area contributed by atoms with Crippen LogP contribution in [0.15, 0.2) is 42.2 Å². The van der Waals surface area contributed by atoms with Crippen LogP contribution in [0.2, 0.25) is 0 Å². The first-order chi connectivity index (χ1) is 11.4. The van der Waals surface area contributed by atoms with Gasteiger partial charge < -0.3 is 9.88 Å². The van der Waals surface area contributed by atoms with Gasteiger partial charge in [0.1, 0.15) is 5.82 Å². The van der Waals surface area contributed by atoms with Gasteiger partial charge in [-0.3, -0.25) is 4.90 Å². The number of aromatic amines is 1. The quantitative estimate of drug-likeness (QED) is 0.797. The fourth-order valence-electron chi connectivity index (χ4n) is 2.77. The van der Waals surface area contributed by atoms with Gasteiger partial charge in [0.25, 0.3) is 0 Å². The van der Waals surface area contributed by atoms with Crippen molar-refractivity contribution in [1.29, 1.82) is 0 Å². The van der Waals surface area contributed by atoms with E-state index in [1.807, 2.05) is 18.3 Å². The molecule has 0 bridgehead atoms. The summed E-state index contributed by atoms with van der Waals surface area (Å²) in [5.74, 6) is 1.79. The summed E-state index contributed by atoms with van der Waals surface area (Å²) in [6, 6.07) is 5.99. The number of rotatable bonds is 4. The lowest BCUT2D eigenvalue weighted by Gasteiger charge is -2.34. The van der Waals surface area contributed by atoms with E-state index in [4.69, 9.17) is 4.98 Å². The molecular formula is C16H18N6S. The van der Waals surface area contributed by atoms with Crippen LogP contribution in [0.25, 0.3) is 10.7 Å². The van der Waals surface area contributed by atoms with Crippen LogP contribution in [-0.2, 0) is 6.54 Å². The van der Waals surface area contributed by atoms with Crippen molar-refractivity contribution in [2.45, 2.75) is 6.54 Å². The first-order valence-electron chi connectivity index (χ1n) is 7.71. The molecule has 0 saturated carbocycles. The lowest BCUT2D eigenvalue weighted by molar-refractivity contribution is 0.246. The maximum Gasteiger partial charge on any atom is 0.225 e. The summed E-state index contributed by atoms with van der Waals surface area (Å²) in [6.45, 7) is 4.78. The summed E-state index contributed by atoms with van der Waals surface area (Å²) in [6.07, 6.45) is 5.61. The number of nitrogens with one attached hydrogen (secondary N) is 1. The van der Waals surface area contributed by atoms with Crippen molar-refractivity contribution in [2.75, 3.05) is 31.1 Å². The van der Waals surface area contributed by atoms with E-state index in [1.165, 1.54) is 4.88 Å². The number of thiophene rings is 1. The maximum atomic E-state index is 4.70. The van der Waals surface area contributed by atoms with Crippen molar-refractivity contribution in [3.05, 3.63) is 47.9 Å². The Morgan fingerprint density at radius 1 is 1.09 bits per heavy atom. The number of hydrogen-bond donors (Lipinski definition) is 1. The van der Waals surface area contributed by atoms with Crippen LogP contribution in [0, 0.1) is 0 Å². The summed E-state index contributed by atoms with van der Waals surface area (Å²) in [4.78, 5) is 22.5. The van der Waals surface area contributed by atoms with Crippen molar-refractivity contribution in [3.8, 4) is 10.7 Å². The molecule has 0 amide bonds. The summed E-state index contributed by atoms with van der Waals surface area (Å²) in [5, 5.41) is 2.07. The Morgan fingerprint density at radius 2 is 1.91 bits per heavy atom. The topological polar surface area (TPSA) is 60.9 Å². The van der Waals surface area contributed by atoms with E-state index in [9.17, 15) is 0 Å². The third kappa shape index (κ3) is 3.25. The predicted octanol–water partition coefficient (Wildman–Crippen LogP) is 2.25. The van der Waals surface area contributed by atoms with E-state index in [1.54, 1.807) is 23.7 Å². The zero-order valence-electron chi connectivity index (χ0n) is 12.7. The minimum Gasteiger partial charge on any atom is -0.344 e. The Labute approximate surface area is 138 Å². The second kappa shape index (κ2) is 6.47. The zero-order chi connectivity index (χ0) is 15.5. The molecule has 0 aliphatic carbocycles. The molecule has 7 heteroatoms. The third-order valence-corrected chi connectivity index (χ3v) is 4.85. The number of imidazole rings is 1. The van der Waals surface area contributed by atoms with Gasteiger partial charge in [0.05, 0.1) is 10.6 Å². The summed E-state index contributed by atoms with van der Waals surface area (Å²) < 4.78 is 0. The Bertz CT molecular complexity index is 731. The van der Waals surface area contributed by atoms with E-state index in [0.717, 1.165) is 50.2 Å². The molecule has 0 atom stereocenters. The molecule has 0 unspecified atom stereocenters. The largest absolute Gasteiger partial charge is 0.344 e. The van der Waals surface area contributed by atoms with Crippen molar-refractivity contribution >= 4 is 17.3 Å². The lowest BCUT2D eigenvalue weighted by Crippen LogP contribution is -2.46. The minimum absolute atomic E-state index is 0.826. The van der Waals surface area contributed by atoms with Gasteiger partial charge >= 0.3 is 0 Å². The molecule has 4 heterocycles. The average molecular weight is 326 g/mol. The second-order valence-electron chi connectivity index (χ2n) is 5.53. The van der Waals surface area contributed by atoms with Gasteiger partial charge in [0, 0.05) is 51.3 Å². The van der Waals surface area contributed by atoms with Gasteiger partial charge in [-0.1, -0.05) is 6.07 Å². The van der Waals surface area contributed by atoms with E-state index in [2.05, 4.69) is 36.2 Å². The van der Waals surface area contributed by atoms with Crippen LogP contribution < -0.4 is 4.90 Å². The fraction of sp³-hybridized carbons (Fsp3) is 0.312. The monoisotopic (exact) mass is 326 g/mol. The summed E-state index contributed by atoms with van der Waals surface area (Å²) in [7, 11) is 0. The lowest BCUT2D eigenvalue weighted by atomic mass is 10.3. The molecule has 1 N–H and O–H groups in total. The molecule has 4 rings (SSSR count). The molecule has 1 aliphatic rings. The standard InChI is InChI=1S/C16H18N6S/c1-3-14(23-10-1)15-19-11-13(20-15)12-21-6-8-22(9-7-21)16-17-4-2-5-18-16/h1-5,10-11H,6-9,12H2,(H,19,20). The summed E-state index contributed by atoms with van der Waals surface area (Å²) >= 11 is 1.71. The second-order valence-corrected chi connectivity index (χ2v) is 6.48. The molecule has 1 saturated heterocycles. The molecule has 0 radical (unpaired) electrons. The highest BCUT2D eigenvalue weighted by molar-refractivity contribution is 7.13. The number of piperazine rings is 1. The highest BCUT2D eigenvalue weighted by atomic mass is 32.1. The molecule has 1 aliphatic heterocycles. The predicted molar refractivity (Wildman–Crippen MR) is 91.4 cm³/mol. The van der Waals surface area contributed by atoms with Crippen molar-refractivity contribution < 1.29 is 0 Å². The number of anilines is 1. The highest BCUT2D eigenvalue weighted by Gasteiger charge is 2.19. The highest BCUT2D eigenvalue weighted by Crippen LogP contribution is 2.21. The van der Waals surface area contributed by atoms with Gasteiger partial charge in [-0.05, 0) is 17.5 Å². The molecule has 0 spiro atoms. The molecule has 3 aromatic heterocycles. The number of hydrogen-bond acceptors (Lipinski definition) is 6. The molecule has 3 aromatic rings. The Morgan fingerprint density at radius 3 is 2.65 bits per heavy atom. The first-order valence-corrected chi connectivity index (χ1v) is 8.59. The SMILES string of the molecule is c1cnc(N2CCN(Cc3c[nH]c(-c4cccs4)n3)CC2)nc1. The minimum atomic E-state index is 0.826. The van der Waals surface area contributed by atoms with Gasteiger partial charge in [-0.25, -0.2) is 15.0 Å². The van der Waals surface area contributed by atoms with Crippen LogP contribution in [0.4, 0.5) is 5.95 Å². The smallest absolute Gasteiger partial charge is 0.225 e. The average Bonchev–Trinajstić information content (AvgIpc) is 3.28. The molecule has 1 fully saturated rings. The maximum absolute atomic E-state index is 4.70. The van der Waals surface area contributed by atoms with Crippen LogP contribution in [0.1, 0.15) is 5.69 Å². The van der Waals surface area contributed by atoms with E-state index in [0.29, 0.717) is 0 Å². The van der Waals surface area contributed by atoms with Crippen molar-refractivity contribution in [2.24, 2.45) is 0 Å². The van der Waals surface area contributed by atoms with E-state index >= 15 is 0 Å². The van der Waals surface area contributed by atoms with Crippen LogP contribution in [0.5, 0.6) is 0 Å². The Hall–Kier alpha value is -2.25. The van der Waals surface area contributed by atoms with E-state index in [-0.39, 0.29) is 0 Å². The van der Waals surface area contributed by atoms with Crippen molar-refractivity contribution in [1.82, 2.24) is 24.8 Å². The summed E-state index contributed by atoms with van der Waals surface area (Å²) in [5.41, 5.74) is 1.10. The molecule has 6 nitrogen and oxygen atoms in total. The van der Waals surface area contributed by atoms with Gasteiger partial charge in [0.2, 0.25) is 5.95 Å². The van der Waals surface area contributed by atoms with Crippen LogP contribution in [-0.4, -0.2) is 51.0 Å². The number of aromatic nitrogens is 4. The number of nitrogens with zero attached hydrogens (tertiary/aromatic N) is 5. The van der Waals surface area contributed by atoms with E-state index < -0.39 is 0 Å². The normalized spacial score (nSPS) is 15.9.